The van der Waals surface area contributed by atoms with Crippen molar-refractivity contribution in [2.45, 2.75) is 64.6 Å². The van der Waals surface area contributed by atoms with Gasteiger partial charge in [0.05, 0.1) is 12.0 Å². The lowest BCUT2D eigenvalue weighted by Crippen LogP contribution is -2.45. The molecular formula is C38H49F3N8O6S. The van der Waals surface area contributed by atoms with E-state index in [1.54, 1.807) is 52.0 Å². The Labute approximate surface area is 324 Å². The largest absolute Gasteiger partial charge is 0.481 e. The number of halogens is 3. The van der Waals surface area contributed by atoms with E-state index in [4.69, 9.17) is 9.47 Å². The number of carboxylic acids is 1. The highest BCUT2D eigenvalue weighted by atomic mass is 32.2. The quantitative estimate of drug-likeness (QED) is 0.204. The molecule has 0 saturated carbocycles. The summed E-state index contributed by atoms with van der Waals surface area (Å²) in [6.07, 6.45) is -3.15. The zero-order chi connectivity index (χ0) is 40.4. The van der Waals surface area contributed by atoms with Crippen molar-refractivity contribution >= 4 is 27.5 Å². The van der Waals surface area contributed by atoms with Crippen molar-refractivity contribution in [3.05, 3.63) is 75.7 Å². The first-order chi connectivity index (χ1) is 26.5. The van der Waals surface area contributed by atoms with Gasteiger partial charge in [0.25, 0.3) is 0 Å². The van der Waals surface area contributed by atoms with Gasteiger partial charge in [0.1, 0.15) is 17.3 Å². The van der Waals surface area contributed by atoms with Crippen molar-refractivity contribution in [3.63, 3.8) is 0 Å². The number of aryl methyl sites for hydroxylation is 3. The summed E-state index contributed by atoms with van der Waals surface area (Å²) in [5.41, 5.74) is 1.83. The van der Waals surface area contributed by atoms with Gasteiger partial charge in [0, 0.05) is 71.1 Å². The molecular weight excluding hydrogens is 754 g/mol. The van der Waals surface area contributed by atoms with Crippen LogP contribution in [0.5, 0.6) is 5.88 Å². The molecule has 18 heteroatoms. The maximum absolute atomic E-state index is 14.6. The number of rotatable bonds is 10. The molecule has 3 aromatic heterocycles. The minimum absolute atomic E-state index is 0.0301. The van der Waals surface area contributed by atoms with E-state index in [-0.39, 0.29) is 42.7 Å². The van der Waals surface area contributed by atoms with Crippen LogP contribution in [-0.4, -0.2) is 114 Å². The number of hydrogen-bond acceptors (Lipinski definition) is 11. The number of fused-ring (bicyclic) bond motifs is 2. The van der Waals surface area contributed by atoms with Crippen molar-refractivity contribution in [1.29, 1.82) is 0 Å². The third-order valence-corrected chi connectivity index (χ3v) is 12.5. The number of ether oxygens (including phenoxy) is 2. The van der Waals surface area contributed by atoms with E-state index < -0.39 is 39.3 Å². The zero-order valence-electron chi connectivity index (χ0n) is 32.2. The van der Waals surface area contributed by atoms with E-state index in [1.165, 1.54) is 16.6 Å². The van der Waals surface area contributed by atoms with Crippen LogP contribution >= 0.6 is 0 Å². The smallest absolute Gasteiger partial charge is 0.452 e. The Balaban J connectivity index is 1.36. The molecule has 14 nitrogen and oxygen atoms in total. The molecule has 0 radical (unpaired) electrons. The molecule has 0 spiro atoms. The minimum atomic E-state index is -4.75. The molecule has 1 saturated heterocycles. The standard InChI is InChI=1S/C38H49F3N8O6S/c1-24-7-8-27(31(37(4,5)36(50)51)29-9-14-49-33(26(29)3)45-46-35(49)38(39,40)41)22-28(24)23-48-13-6-18-54-19-20-55-34-30(56(48,52)53)21-25(2)32(44-34)43-12-17-47-15-10-42-11-16-47/h7-9,14,21-22,31,42H,6,10-13,15-20,23H2,1-5H3,(H,43,44)(H,50,51)/t31-/m1/s1. The topological polar surface area (TPSA) is 164 Å². The number of aliphatic carboxylic acids is 1. The van der Waals surface area contributed by atoms with Gasteiger partial charge in [0.15, 0.2) is 5.65 Å². The first kappa shape index (κ1) is 41.3. The number of nitrogens with zero attached hydrogens (tertiary/aromatic N) is 6. The molecule has 304 valence electrons. The van der Waals surface area contributed by atoms with Crippen molar-refractivity contribution in [2.75, 3.05) is 71.0 Å². The molecule has 0 amide bonds. The lowest BCUT2D eigenvalue weighted by atomic mass is 9.70. The van der Waals surface area contributed by atoms with Gasteiger partial charge >= 0.3 is 12.1 Å². The maximum Gasteiger partial charge on any atom is 0.452 e. The van der Waals surface area contributed by atoms with Crippen LogP contribution in [0.3, 0.4) is 0 Å². The number of nitrogens with one attached hydrogen (secondary N) is 2. The molecule has 5 heterocycles. The molecule has 1 aromatic carbocycles. The molecule has 1 fully saturated rings. The lowest BCUT2D eigenvalue weighted by molar-refractivity contribution is -0.147. The number of anilines is 1. The number of pyridine rings is 2. The fourth-order valence-corrected chi connectivity index (χ4v) is 8.92. The highest BCUT2D eigenvalue weighted by Crippen LogP contribution is 2.44. The highest BCUT2D eigenvalue weighted by Gasteiger charge is 2.42. The third-order valence-electron chi connectivity index (χ3n) is 10.6. The number of carbonyl (C=O) groups is 1. The Bertz CT molecular complexity index is 2170. The van der Waals surface area contributed by atoms with Crippen LogP contribution in [0.25, 0.3) is 5.65 Å². The van der Waals surface area contributed by atoms with E-state index in [1.807, 2.05) is 6.92 Å². The average Bonchev–Trinajstić information content (AvgIpc) is 3.59. The van der Waals surface area contributed by atoms with Crippen molar-refractivity contribution < 1.29 is 41.0 Å². The number of sulfonamides is 1. The fraction of sp³-hybridized carbons (Fsp3) is 0.526. The Hall–Kier alpha value is -4.36. The second kappa shape index (κ2) is 16.6. The van der Waals surface area contributed by atoms with Gasteiger partial charge in [0.2, 0.25) is 21.7 Å². The summed E-state index contributed by atoms with van der Waals surface area (Å²) in [5.74, 6) is -2.69. The summed E-state index contributed by atoms with van der Waals surface area (Å²) in [4.78, 5) is 19.8. The summed E-state index contributed by atoms with van der Waals surface area (Å²) in [7, 11) is -4.21. The van der Waals surface area contributed by atoms with Gasteiger partial charge in [-0.25, -0.2) is 8.42 Å². The lowest BCUT2D eigenvalue weighted by Gasteiger charge is -2.33. The van der Waals surface area contributed by atoms with Gasteiger partial charge in [-0.3, -0.25) is 14.1 Å². The van der Waals surface area contributed by atoms with Gasteiger partial charge in [-0.2, -0.15) is 22.5 Å². The molecule has 1 atom stereocenters. The third kappa shape index (κ3) is 8.63. The maximum atomic E-state index is 14.6. The molecule has 2 aliphatic heterocycles. The van der Waals surface area contributed by atoms with Crippen molar-refractivity contribution in [1.82, 2.24) is 34.1 Å². The number of carboxylic acid groups (broad SMARTS) is 1. The van der Waals surface area contributed by atoms with Crippen LogP contribution in [0.2, 0.25) is 0 Å². The van der Waals surface area contributed by atoms with Crippen LogP contribution < -0.4 is 15.4 Å². The predicted molar refractivity (Wildman–Crippen MR) is 202 cm³/mol. The van der Waals surface area contributed by atoms with Crippen LogP contribution in [-0.2, 0) is 32.3 Å². The molecule has 2 aliphatic rings. The Morgan fingerprint density at radius 1 is 1.02 bits per heavy atom. The first-order valence-electron chi connectivity index (χ1n) is 18.6. The molecule has 3 N–H and O–H groups in total. The highest BCUT2D eigenvalue weighted by molar-refractivity contribution is 7.89. The number of benzene rings is 1. The summed E-state index contributed by atoms with van der Waals surface area (Å²) >= 11 is 0. The second-order valence-corrected chi connectivity index (χ2v) is 16.8. The predicted octanol–water partition coefficient (Wildman–Crippen LogP) is 4.62. The van der Waals surface area contributed by atoms with Gasteiger partial charge in [-0.15, -0.1) is 10.2 Å². The van der Waals surface area contributed by atoms with Crippen molar-refractivity contribution in [2.24, 2.45) is 5.41 Å². The SMILES string of the molecule is Cc1ccc([C@H](c2ccn3c(C(F)(F)F)nnc3c2C)C(C)(C)C(=O)O)cc1CN1CCCOCCOc2nc(NCCN3CCNCC3)c(C)cc2S1(=O)=O. The molecule has 0 aliphatic carbocycles. The summed E-state index contributed by atoms with van der Waals surface area (Å²) in [6.45, 7) is 14.2. The van der Waals surface area contributed by atoms with Crippen LogP contribution in [0.1, 0.15) is 65.4 Å². The molecule has 0 unspecified atom stereocenters. The summed E-state index contributed by atoms with van der Waals surface area (Å²) in [6, 6.07) is 8.40. The van der Waals surface area contributed by atoms with Gasteiger partial charge in [-0.1, -0.05) is 18.2 Å². The van der Waals surface area contributed by atoms with Crippen LogP contribution in [0.15, 0.2) is 41.4 Å². The zero-order valence-corrected chi connectivity index (χ0v) is 33.1. The molecule has 56 heavy (non-hydrogen) atoms. The molecule has 4 aromatic rings. The van der Waals surface area contributed by atoms with Crippen LogP contribution in [0, 0.1) is 26.2 Å². The number of aromatic nitrogens is 4. The van der Waals surface area contributed by atoms with Crippen molar-refractivity contribution in [3.8, 4) is 5.88 Å². The van der Waals surface area contributed by atoms with E-state index >= 15 is 0 Å². The second-order valence-electron chi connectivity index (χ2n) is 14.9. The Morgan fingerprint density at radius 3 is 2.48 bits per heavy atom. The Morgan fingerprint density at radius 2 is 1.77 bits per heavy atom. The van der Waals surface area contributed by atoms with E-state index in [0.717, 1.165) is 42.7 Å². The van der Waals surface area contributed by atoms with Gasteiger partial charge < -0.3 is 25.2 Å². The van der Waals surface area contributed by atoms with Crippen LogP contribution in [0.4, 0.5) is 19.0 Å². The monoisotopic (exact) mass is 802 g/mol. The van der Waals surface area contributed by atoms with Gasteiger partial charge in [-0.05, 0) is 86.6 Å². The van der Waals surface area contributed by atoms with E-state index in [9.17, 15) is 31.5 Å². The number of piperazine rings is 1. The normalized spacial score (nSPS) is 18.1. The molecule has 0 bridgehead atoms. The Kier molecular flexibility index (Phi) is 12.3. The fourth-order valence-electron chi connectivity index (χ4n) is 7.31. The summed E-state index contributed by atoms with van der Waals surface area (Å²) < 4.78 is 84.3. The number of alkyl halides is 3. The first-order valence-corrected chi connectivity index (χ1v) is 20.1. The summed E-state index contributed by atoms with van der Waals surface area (Å²) in [5, 5.41) is 24.3. The molecule has 6 rings (SSSR count). The minimum Gasteiger partial charge on any atom is -0.481 e. The number of hydrogen-bond donors (Lipinski definition) is 3. The average molecular weight is 803 g/mol. The van der Waals surface area contributed by atoms with E-state index in [2.05, 4.69) is 30.7 Å². The van der Waals surface area contributed by atoms with E-state index in [0.29, 0.717) is 53.2 Å².